The number of aromatic nitrogens is 2. The Hall–Kier alpha value is -3.20. The molecule has 33 heavy (non-hydrogen) atoms. The molecular formula is C24H32N6O3. The van der Waals surface area contributed by atoms with Crippen LogP contribution in [0.15, 0.2) is 24.3 Å². The van der Waals surface area contributed by atoms with Gasteiger partial charge in [0.2, 0.25) is 17.8 Å². The van der Waals surface area contributed by atoms with Gasteiger partial charge in [0.1, 0.15) is 5.82 Å². The molecule has 0 radical (unpaired) electrons. The van der Waals surface area contributed by atoms with Crippen molar-refractivity contribution in [1.82, 2.24) is 15.3 Å². The van der Waals surface area contributed by atoms with E-state index in [1.165, 1.54) is 5.56 Å². The summed E-state index contributed by atoms with van der Waals surface area (Å²) in [6, 6.07) is 7.92. The summed E-state index contributed by atoms with van der Waals surface area (Å²) in [4.78, 5) is 38.1. The van der Waals surface area contributed by atoms with E-state index < -0.39 is 0 Å². The van der Waals surface area contributed by atoms with E-state index >= 15 is 0 Å². The molecule has 2 fully saturated rings. The number of anilines is 3. The number of amides is 2. The van der Waals surface area contributed by atoms with Crippen molar-refractivity contribution in [3.8, 4) is 0 Å². The molecule has 1 aromatic heterocycles. The summed E-state index contributed by atoms with van der Waals surface area (Å²) in [7, 11) is 0. The van der Waals surface area contributed by atoms with Gasteiger partial charge in [-0.3, -0.25) is 9.59 Å². The second kappa shape index (κ2) is 10.2. The van der Waals surface area contributed by atoms with Gasteiger partial charge in [-0.15, -0.1) is 0 Å². The van der Waals surface area contributed by atoms with E-state index in [9.17, 15) is 9.59 Å². The number of ether oxygens (including phenoxy) is 1. The molecule has 1 unspecified atom stereocenters. The predicted octanol–water partition coefficient (Wildman–Crippen LogP) is 1.82. The molecule has 176 valence electrons. The first-order valence-electron chi connectivity index (χ1n) is 11.5. The molecule has 2 aliphatic heterocycles. The highest BCUT2D eigenvalue weighted by atomic mass is 16.5. The predicted molar refractivity (Wildman–Crippen MR) is 128 cm³/mol. The van der Waals surface area contributed by atoms with Crippen LogP contribution in [0.4, 0.5) is 17.5 Å². The fraction of sp³-hybridized carbons (Fsp3) is 0.500. The number of rotatable bonds is 7. The van der Waals surface area contributed by atoms with Gasteiger partial charge >= 0.3 is 0 Å². The Labute approximate surface area is 194 Å². The number of benzene rings is 1. The number of hydrogen-bond donors (Lipinski definition) is 2. The smallest absolute Gasteiger partial charge is 0.227 e. The average molecular weight is 453 g/mol. The molecule has 0 bridgehead atoms. The lowest BCUT2D eigenvalue weighted by atomic mass is 10.1. The molecule has 2 amide bonds. The normalized spacial score (nSPS) is 18.5. The third-order valence-electron chi connectivity index (χ3n) is 6.18. The number of aryl methyl sites for hydroxylation is 3. The van der Waals surface area contributed by atoms with Crippen LogP contribution >= 0.6 is 0 Å². The number of hydrogen-bond acceptors (Lipinski definition) is 7. The molecule has 2 aromatic rings. The van der Waals surface area contributed by atoms with E-state index in [4.69, 9.17) is 4.74 Å². The van der Waals surface area contributed by atoms with Gasteiger partial charge in [-0.05, 0) is 44.0 Å². The Balaban J connectivity index is 1.26. The van der Waals surface area contributed by atoms with Gasteiger partial charge in [-0.25, -0.2) is 4.98 Å². The Morgan fingerprint density at radius 1 is 1.09 bits per heavy atom. The van der Waals surface area contributed by atoms with Gasteiger partial charge in [-0.2, -0.15) is 4.98 Å². The lowest BCUT2D eigenvalue weighted by Gasteiger charge is -2.28. The average Bonchev–Trinajstić information content (AvgIpc) is 3.20. The van der Waals surface area contributed by atoms with Crippen molar-refractivity contribution in [3.05, 3.63) is 41.1 Å². The van der Waals surface area contributed by atoms with E-state index in [0.29, 0.717) is 38.8 Å². The SMILES string of the molecule is Cc1cc(N2CCOCC2)nc(NCCNC(=O)C2CC(=O)N(c3ccc(C)c(C)c3)C2)n1. The maximum atomic E-state index is 12.6. The second-order valence-electron chi connectivity index (χ2n) is 8.68. The largest absolute Gasteiger partial charge is 0.378 e. The van der Waals surface area contributed by atoms with Crippen LogP contribution in [0.1, 0.15) is 23.2 Å². The van der Waals surface area contributed by atoms with Crippen molar-refractivity contribution in [1.29, 1.82) is 0 Å². The number of carbonyl (C=O) groups is 2. The summed E-state index contributed by atoms with van der Waals surface area (Å²) in [5.74, 6) is 0.967. The van der Waals surface area contributed by atoms with Crippen molar-refractivity contribution >= 4 is 29.3 Å². The van der Waals surface area contributed by atoms with Crippen LogP contribution in [0, 0.1) is 26.7 Å². The van der Waals surface area contributed by atoms with Gasteiger partial charge in [0.25, 0.3) is 0 Å². The summed E-state index contributed by atoms with van der Waals surface area (Å²) < 4.78 is 5.41. The molecule has 9 nitrogen and oxygen atoms in total. The summed E-state index contributed by atoms with van der Waals surface area (Å²) in [5.41, 5.74) is 4.05. The maximum Gasteiger partial charge on any atom is 0.227 e. The zero-order valence-corrected chi connectivity index (χ0v) is 19.6. The van der Waals surface area contributed by atoms with Crippen molar-refractivity contribution in [3.63, 3.8) is 0 Å². The molecule has 2 N–H and O–H groups in total. The van der Waals surface area contributed by atoms with Crippen LogP contribution in [0.5, 0.6) is 0 Å². The molecule has 4 rings (SSSR count). The first-order valence-corrected chi connectivity index (χ1v) is 11.5. The Kier molecular flexibility index (Phi) is 7.08. The number of nitrogens with zero attached hydrogens (tertiary/aromatic N) is 4. The number of carbonyl (C=O) groups excluding carboxylic acids is 2. The van der Waals surface area contributed by atoms with E-state index in [1.54, 1.807) is 4.90 Å². The maximum absolute atomic E-state index is 12.6. The molecule has 2 aliphatic rings. The van der Waals surface area contributed by atoms with Crippen molar-refractivity contribution in [2.75, 3.05) is 61.1 Å². The Bertz CT molecular complexity index is 1020. The minimum Gasteiger partial charge on any atom is -0.378 e. The lowest BCUT2D eigenvalue weighted by molar-refractivity contribution is -0.126. The van der Waals surface area contributed by atoms with E-state index in [1.807, 2.05) is 45.0 Å². The standard InChI is InChI=1S/C24H32N6O3/c1-16-4-5-20(12-17(16)2)30-15-19(14-22(30)31)23(32)25-6-7-26-24-27-18(3)13-21(28-24)29-8-10-33-11-9-29/h4-5,12-13,19H,6-11,14-15H2,1-3H3,(H,25,32)(H,26,27,28). The van der Waals surface area contributed by atoms with E-state index in [-0.39, 0.29) is 24.2 Å². The van der Waals surface area contributed by atoms with Gasteiger partial charge in [0, 0.05) is 56.6 Å². The quantitative estimate of drug-likeness (QED) is 0.618. The van der Waals surface area contributed by atoms with Crippen LogP contribution < -0.4 is 20.4 Å². The third-order valence-corrected chi connectivity index (χ3v) is 6.18. The van der Waals surface area contributed by atoms with Crippen LogP contribution in [0.3, 0.4) is 0 Å². The van der Waals surface area contributed by atoms with Gasteiger partial charge < -0.3 is 25.2 Å². The zero-order chi connectivity index (χ0) is 23.4. The van der Waals surface area contributed by atoms with Crippen LogP contribution in [0.2, 0.25) is 0 Å². The number of morpholine rings is 1. The topological polar surface area (TPSA) is 99.7 Å². The third kappa shape index (κ3) is 5.60. The Morgan fingerprint density at radius 3 is 2.64 bits per heavy atom. The molecule has 2 saturated heterocycles. The highest BCUT2D eigenvalue weighted by Gasteiger charge is 2.35. The summed E-state index contributed by atoms with van der Waals surface area (Å²) >= 11 is 0. The van der Waals surface area contributed by atoms with Gasteiger partial charge in [0.15, 0.2) is 0 Å². The molecule has 0 aliphatic carbocycles. The zero-order valence-electron chi connectivity index (χ0n) is 19.6. The highest BCUT2D eigenvalue weighted by Crippen LogP contribution is 2.27. The highest BCUT2D eigenvalue weighted by molar-refractivity contribution is 6.00. The first-order chi connectivity index (χ1) is 15.9. The minimum absolute atomic E-state index is 0.0136. The van der Waals surface area contributed by atoms with Gasteiger partial charge in [-0.1, -0.05) is 6.07 Å². The summed E-state index contributed by atoms with van der Waals surface area (Å²) in [5, 5.41) is 6.13. The molecule has 1 aromatic carbocycles. The lowest BCUT2D eigenvalue weighted by Crippen LogP contribution is -2.37. The summed E-state index contributed by atoms with van der Waals surface area (Å²) in [6.07, 6.45) is 0.232. The monoisotopic (exact) mass is 452 g/mol. The minimum atomic E-state index is -0.345. The van der Waals surface area contributed by atoms with Crippen molar-refractivity contribution < 1.29 is 14.3 Å². The molecule has 9 heteroatoms. The fourth-order valence-electron chi connectivity index (χ4n) is 4.12. The molecule has 0 saturated carbocycles. The van der Waals surface area contributed by atoms with Gasteiger partial charge in [0.05, 0.1) is 19.1 Å². The van der Waals surface area contributed by atoms with Crippen molar-refractivity contribution in [2.45, 2.75) is 27.2 Å². The fourth-order valence-corrected chi connectivity index (χ4v) is 4.12. The van der Waals surface area contributed by atoms with E-state index in [0.717, 1.165) is 35.9 Å². The van der Waals surface area contributed by atoms with Crippen molar-refractivity contribution in [2.24, 2.45) is 5.92 Å². The van der Waals surface area contributed by atoms with E-state index in [2.05, 4.69) is 25.5 Å². The summed E-state index contributed by atoms with van der Waals surface area (Å²) in [6.45, 7) is 10.4. The molecule has 0 spiro atoms. The second-order valence-corrected chi connectivity index (χ2v) is 8.68. The molecular weight excluding hydrogens is 420 g/mol. The van der Waals surface area contributed by atoms with Crippen LogP contribution in [0.25, 0.3) is 0 Å². The van der Waals surface area contributed by atoms with Crippen LogP contribution in [-0.4, -0.2) is 67.7 Å². The molecule has 1 atom stereocenters. The molecule has 3 heterocycles. The first kappa shape index (κ1) is 23.0. The van der Waals surface area contributed by atoms with Crippen LogP contribution in [-0.2, 0) is 14.3 Å². The Morgan fingerprint density at radius 2 is 1.88 bits per heavy atom. The number of nitrogens with one attached hydrogen (secondary N) is 2.